The monoisotopic (exact) mass is 364 g/mol. The third-order valence-electron chi connectivity index (χ3n) is 3.05. The molecule has 0 fully saturated rings. The van der Waals surface area contributed by atoms with E-state index in [9.17, 15) is 29.4 Å². The number of rotatable bonds is 1. The van der Waals surface area contributed by atoms with Crippen molar-refractivity contribution in [2.24, 2.45) is 0 Å². The van der Waals surface area contributed by atoms with Gasteiger partial charge in [0.05, 0.1) is 0 Å². The maximum Gasteiger partial charge on any atom is 0.197 e. The van der Waals surface area contributed by atoms with E-state index in [1.54, 1.807) is 12.5 Å². The van der Waals surface area contributed by atoms with E-state index in [4.69, 9.17) is 4.42 Å². The molecule has 1 heterocycles. The second-order valence-electron chi connectivity index (χ2n) is 5.26. The van der Waals surface area contributed by atoms with Crippen LogP contribution in [0.1, 0.15) is 0 Å². The van der Waals surface area contributed by atoms with Crippen molar-refractivity contribution in [2.75, 3.05) is 12.5 Å². The van der Waals surface area contributed by atoms with E-state index < -0.39 is 16.2 Å². The van der Waals surface area contributed by atoms with Gasteiger partial charge in [-0.05, 0) is 18.2 Å². The molecule has 0 aliphatic carbocycles. The van der Waals surface area contributed by atoms with Gasteiger partial charge < -0.3 is 24.8 Å². The quantitative estimate of drug-likeness (QED) is 0.488. The Morgan fingerprint density at radius 2 is 1.52 bits per heavy atom. The Hall–Kier alpha value is -3.00. The highest BCUT2D eigenvalue weighted by atomic mass is 32.2. The van der Waals surface area contributed by atoms with Crippen molar-refractivity contribution in [1.82, 2.24) is 0 Å². The van der Waals surface area contributed by atoms with Crippen molar-refractivity contribution in [1.29, 1.82) is 0 Å². The molecule has 0 radical (unpaired) electrons. The number of phenolic OH excluding ortho intramolecular Hbond substituents is 4. The van der Waals surface area contributed by atoms with Crippen LogP contribution in [0.25, 0.3) is 22.3 Å². The van der Waals surface area contributed by atoms with Crippen LogP contribution in [0.5, 0.6) is 23.0 Å². The van der Waals surface area contributed by atoms with Gasteiger partial charge in [-0.1, -0.05) is 0 Å². The van der Waals surface area contributed by atoms with E-state index in [-0.39, 0.29) is 39.7 Å². The zero-order valence-corrected chi connectivity index (χ0v) is 14.2. The van der Waals surface area contributed by atoms with Crippen LogP contribution in [0.3, 0.4) is 0 Å². The first-order valence-corrected chi connectivity index (χ1v) is 8.93. The first-order chi connectivity index (χ1) is 11.7. The van der Waals surface area contributed by atoms with Gasteiger partial charge in [0.2, 0.25) is 0 Å². The second-order valence-corrected chi connectivity index (χ2v) is 6.74. The normalized spacial score (nSPS) is 10.5. The van der Waals surface area contributed by atoms with E-state index in [0.717, 1.165) is 12.1 Å². The number of hydrogen-bond acceptors (Lipinski definition) is 7. The molecule has 25 heavy (non-hydrogen) atoms. The first-order valence-electron chi connectivity index (χ1n) is 6.96. The number of fused-ring (bicyclic) bond motifs is 1. The summed E-state index contributed by atoms with van der Waals surface area (Å²) in [4.78, 5) is 12.0. The summed E-state index contributed by atoms with van der Waals surface area (Å²) in [5.74, 6) is -1.13. The molecule has 132 valence electrons. The second kappa shape index (κ2) is 7.27. The van der Waals surface area contributed by atoms with Gasteiger partial charge in [0.15, 0.2) is 16.9 Å². The molecule has 0 atom stereocenters. The number of phenols is 4. The molecule has 2 aromatic carbocycles. The Kier molecular flexibility index (Phi) is 5.33. The Morgan fingerprint density at radius 1 is 0.880 bits per heavy atom. The number of aromatic hydroxyl groups is 4. The van der Waals surface area contributed by atoms with E-state index >= 15 is 0 Å². The highest BCUT2D eigenvalue weighted by Crippen LogP contribution is 2.33. The fourth-order valence-electron chi connectivity index (χ4n) is 2.07. The molecule has 0 amide bonds. The maximum atomic E-state index is 12.0. The Labute approximate surface area is 144 Å². The van der Waals surface area contributed by atoms with Crippen molar-refractivity contribution in [2.45, 2.75) is 0 Å². The molecule has 1 aromatic heterocycles. The third kappa shape index (κ3) is 4.30. The van der Waals surface area contributed by atoms with Crippen LogP contribution in [0, 0.1) is 0 Å². The third-order valence-corrected chi connectivity index (χ3v) is 3.05. The van der Waals surface area contributed by atoms with Gasteiger partial charge in [0.25, 0.3) is 0 Å². The van der Waals surface area contributed by atoms with Crippen LogP contribution in [0.4, 0.5) is 0 Å². The molecule has 8 heteroatoms. The minimum atomic E-state index is -0.611. The van der Waals surface area contributed by atoms with Crippen molar-refractivity contribution in [3.05, 3.63) is 46.6 Å². The van der Waals surface area contributed by atoms with Gasteiger partial charge in [0.1, 0.15) is 28.2 Å². The lowest BCUT2D eigenvalue weighted by atomic mass is 10.1. The van der Waals surface area contributed by atoms with Gasteiger partial charge in [-0.25, -0.2) is 0 Å². The summed E-state index contributed by atoms with van der Waals surface area (Å²) in [6.07, 6.45) is 3.28. The molecule has 4 N–H and O–H groups in total. The number of hydrogen-bond donors (Lipinski definition) is 4. The van der Waals surface area contributed by atoms with E-state index in [1.807, 2.05) is 0 Å². The molecule has 0 saturated heterocycles. The predicted octanol–water partition coefficient (Wildman–Crippen LogP) is 2.28. The molecule has 3 aromatic rings. The average molecular weight is 364 g/mol. The van der Waals surface area contributed by atoms with Crippen molar-refractivity contribution in [3.63, 3.8) is 0 Å². The molecule has 0 unspecified atom stereocenters. The van der Waals surface area contributed by atoms with Crippen molar-refractivity contribution in [3.8, 4) is 34.3 Å². The van der Waals surface area contributed by atoms with Gasteiger partial charge >= 0.3 is 0 Å². The van der Waals surface area contributed by atoms with Crippen LogP contribution in [0.15, 0.2) is 45.6 Å². The zero-order chi connectivity index (χ0) is 18.7. The van der Waals surface area contributed by atoms with Crippen LogP contribution in [-0.4, -0.2) is 37.1 Å². The molecule has 0 aliphatic heterocycles. The van der Waals surface area contributed by atoms with Gasteiger partial charge in [0, 0.05) is 47.1 Å². The van der Waals surface area contributed by atoms with Gasteiger partial charge in [-0.2, -0.15) is 0 Å². The highest BCUT2D eigenvalue weighted by Gasteiger charge is 2.13. The molecule has 0 bridgehead atoms. The lowest BCUT2D eigenvalue weighted by Gasteiger charge is -2.06. The molecule has 3 rings (SSSR count). The van der Waals surface area contributed by atoms with Crippen LogP contribution >= 0.6 is 0 Å². The minimum Gasteiger partial charge on any atom is -0.508 e. The SMILES string of the molecule is CS(C)=O.O=c1cc(-c2ccc(O)c(O)c2)oc2cc(O)cc(O)c12. The lowest BCUT2D eigenvalue weighted by Crippen LogP contribution is -2.00. The van der Waals surface area contributed by atoms with Gasteiger partial charge in [-0.3, -0.25) is 9.00 Å². The average Bonchev–Trinajstić information content (AvgIpc) is 2.48. The Morgan fingerprint density at radius 3 is 2.12 bits per heavy atom. The molecular weight excluding hydrogens is 348 g/mol. The summed E-state index contributed by atoms with van der Waals surface area (Å²) < 4.78 is 15.0. The maximum absolute atomic E-state index is 12.0. The fraction of sp³-hybridized carbons (Fsp3) is 0.118. The summed E-state index contributed by atoms with van der Waals surface area (Å²) in [5, 5.41) is 37.9. The molecular formula is C17H16O7S. The largest absolute Gasteiger partial charge is 0.508 e. The summed E-state index contributed by atoms with van der Waals surface area (Å²) in [5.41, 5.74) is -0.106. The topological polar surface area (TPSA) is 128 Å². The van der Waals surface area contributed by atoms with E-state index in [1.165, 1.54) is 24.3 Å². The fourth-order valence-corrected chi connectivity index (χ4v) is 2.07. The van der Waals surface area contributed by atoms with E-state index in [0.29, 0.717) is 5.56 Å². The Bertz CT molecular complexity index is 1000. The van der Waals surface area contributed by atoms with Crippen LogP contribution < -0.4 is 5.43 Å². The lowest BCUT2D eigenvalue weighted by molar-refractivity contribution is 0.404. The Balaban J connectivity index is 0.000000511. The summed E-state index contributed by atoms with van der Waals surface area (Å²) in [7, 11) is -0.611. The molecule has 0 saturated carbocycles. The minimum absolute atomic E-state index is 0.0163. The first kappa shape index (κ1) is 18.3. The highest BCUT2D eigenvalue weighted by molar-refractivity contribution is 7.83. The summed E-state index contributed by atoms with van der Waals surface area (Å²) in [6.45, 7) is 0. The molecule has 7 nitrogen and oxygen atoms in total. The molecule has 0 spiro atoms. The zero-order valence-electron chi connectivity index (χ0n) is 13.4. The van der Waals surface area contributed by atoms with Crippen LogP contribution in [0.2, 0.25) is 0 Å². The summed E-state index contributed by atoms with van der Waals surface area (Å²) in [6, 6.07) is 7.37. The van der Waals surface area contributed by atoms with Crippen molar-refractivity contribution < 1.29 is 29.1 Å². The smallest absolute Gasteiger partial charge is 0.197 e. The van der Waals surface area contributed by atoms with E-state index in [2.05, 4.69) is 0 Å². The standard InChI is InChI=1S/C15H10O6.C2H6OS/c16-8-4-11(19)15-12(20)6-13(21-14(15)5-8)7-1-2-9(17)10(18)3-7;1-4(2)3/h1-6,16-19H;1-2H3. The molecule has 0 aliphatic rings. The number of benzene rings is 2. The van der Waals surface area contributed by atoms with Crippen LogP contribution in [-0.2, 0) is 10.8 Å². The van der Waals surface area contributed by atoms with Crippen molar-refractivity contribution >= 4 is 21.8 Å². The van der Waals surface area contributed by atoms with Gasteiger partial charge in [-0.15, -0.1) is 0 Å². The predicted molar refractivity (Wildman–Crippen MR) is 94.6 cm³/mol. The summed E-state index contributed by atoms with van der Waals surface area (Å²) >= 11 is 0.